The Labute approximate surface area is 460 Å². The van der Waals surface area contributed by atoms with Gasteiger partial charge in [-0.25, -0.2) is 0 Å². The molecule has 35 heteroatoms. The largest absolute Gasteiger partial charge is 0.394 e. The van der Waals surface area contributed by atoms with Crippen LogP contribution in [0.4, 0.5) is 0 Å². The highest BCUT2D eigenvalue weighted by Crippen LogP contribution is 2.38. The van der Waals surface area contributed by atoms with Gasteiger partial charge in [0, 0.05) is 13.8 Å². The van der Waals surface area contributed by atoms with Crippen LogP contribution in [0.5, 0.6) is 0 Å². The van der Waals surface area contributed by atoms with Crippen molar-refractivity contribution in [3.8, 4) is 0 Å². The first-order valence-corrected chi connectivity index (χ1v) is 26.2. The maximum atomic E-state index is 13.2. The second-order valence-corrected chi connectivity index (χ2v) is 21.0. The number of carbonyl (C=O) groups excluding carboxylic acids is 2. The number of hydrogen-bond donors (Lipinski definition) is 20. The lowest BCUT2D eigenvalue weighted by molar-refractivity contribution is -0.394. The van der Waals surface area contributed by atoms with Gasteiger partial charge in [0.05, 0.1) is 44.7 Å². The second kappa shape index (κ2) is 28.0. The zero-order chi connectivity index (χ0) is 59.8. The molecule has 0 aromatic heterocycles. The SMILES string of the molecule is CC(=O)N[C@@H]1[C@@H](O[C@@H]2O[C@H](CO)[C@H](O)[C@H](O)[C@H]2O[C@@H]2O[C@@H](C)[C@@H](O)[C@@H](O)[C@@H]2O)[C@@H](O)[C@@H](CO[C@@H]2O[C@H](CO)[C@@H](O[C@@H]3O[C@H](CO)[C@H](O)[C@H](O)[C@H]3O[C@@H]3O[C@@H](C)[C@@H](O)[C@@H](O)[C@@H]3O)[C@H](O[C@@H]3O[C@@H](C)[C@@H](O)[C@@H](O)[C@@H]3O)[C@H]2NC(C)=O)O[C@H]1O. The summed E-state index contributed by atoms with van der Waals surface area (Å²) in [6.45, 7) is 2.02. The van der Waals surface area contributed by atoms with Crippen LogP contribution in [0.15, 0.2) is 0 Å². The Morgan fingerprint density at radius 1 is 0.346 bits per heavy atom. The molecule has 0 aromatic rings. The summed E-state index contributed by atoms with van der Waals surface area (Å²) < 4.78 is 76.7. The number of nitrogens with one attached hydrogen (secondary N) is 2. The Morgan fingerprint density at radius 3 is 1.10 bits per heavy atom. The van der Waals surface area contributed by atoms with E-state index in [0.717, 1.165) is 13.8 Å². The monoisotopic (exact) mass is 1190 g/mol. The second-order valence-electron chi connectivity index (χ2n) is 21.0. The van der Waals surface area contributed by atoms with Crippen molar-refractivity contribution in [2.75, 3.05) is 26.4 Å². The fourth-order valence-electron chi connectivity index (χ4n) is 10.5. The highest BCUT2D eigenvalue weighted by atomic mass is 16.8. The maximum absolute atomic E-state index is 13.2. The first kappa shape index (κ1) is 66.2. The van der Waals surface area contributed by atoms with Gasteiger partial charge < -0.3 is 164 Å². The number of aliphatic hydroxyl groups is 18. The molecular formula is C46H78N2O33. The van der Waals surface area contributed by atoms with Gasteiger partial charge in [-0.1, -0.05) is 0 Å². The van der Waals surface area contributed by atoms with Crippen LogP contribution < -0.4 is 10.6 Å². The number of ether oxygens (including phenoxy) is 13. The molecule has 2 amide bonds. The van der Waals surface area contributed by atoms with Crippen molar-refractivity contribution < 1.29 is 163 Å². The molecule has 0 unspecified atom stereocenters. The van der Waals surface area contributed by atoms with Crippen LogP contribution >= 0.6 is 0 Å². The molecule has 0 bridgehead atoms. The van der Waals surface area contributed by atoms with Crippen LogP contribution in [0.3, 0.4) is 0 Å². The Hall–Kier alpha value is -2.30. The predicted octanol–water partition coefficient (Wildman–Crippen LogP) is -12.9. The maximum Gasteiger partial charge on any atom is 0.217 e. The third-order valence-electron chi connectivity index (χ3n) is 15.2. The Morgan fingerprint density at radius 2 is 0.704 bits per heavy atom. The summed E-state index contributed by atoms with van der Waals surface area (Å²) in [5.41, 5.74) is 0. The first-order valence-electron chi connectivity index (χ1n) is 26.2. The van der Waals surface area contributed by atoms with Gasteiger partial charge in [0.15, 0.2) is 44.0 Å². The fraction of sp³-hybridized carbons (Fsp3) is 0.957. The van der Waals surface area contributed by atoms with Crippen molar-refractivity contribution in [2.45, 2.75) is 249 Å². The molecular weight excluding hydrogens is 1110 g/mol. The van der Waals surface area contributed by atoms with E-state index in [0.29, 0.717) is 0 Å². The average Bonchev–Trinajstić information content (AvgIpc) is 3.49. The average molecular weight is 1190 g/mol. The molecule has 81 heavy (non-hydrogen) atoms. The number of carbonyl (C=O) groups is 2. The molecule has 35 nitrogen and oxygen atoms in total. The molecule has 0 aliphatic carbocycles. The van der Waals surface area contributed by atoms with E-state index in [1.54, 1.807) is 0 Å². The molecule has 0 spiro atoms. The molecule has 7 aliphatic heterocycles. The third-order valence-corrected chi connectivity index (χ3v) is 15.2. The highest BCUT2D eigenvalue weighted by molar-refractivity contribution is 5.73. The smallest absolute Gasteiger partial charge is 0.217 e. The van der Waals surface area contributed by atoms with E-state index in [1.165, 1.54) is 20.8 Å². The summed E-state index contributed by atoms with van der Waals surface area (Å²) in [4.78, 5) is 25.7. The lowest BCUT2D eigenvalue weighted by atomic mass is 9.94. The quantitative estimate of drug-likeness (QED) is 0.0606. The topological polar surface area (TPSA) is 542 Å². The van der Waals surface area contributed by atoms with Crippen molar-refractivity contribution in [2.24, 2.45) is 0 Å². The Balaban J connectivity index is 1.20. The van der Waals surface area contributed by atoms with E-state index in [9.17, 15) is 102 Å². The molecule has 7 rings (SSSR count). The lowest BCUT2D eigenvalue weighted by Crippen LogP contribution is -2.71. The minimum Gasteiger partial charge on any atom is -0.394 e. The van der Waals surface area contributed by atoms with Gasteiger partial charge in [0.1, 0.15) is 152 Å². The summed E-state index contributed by atoms with van der Waals surface area (Å²) in [6, 6.07) is -3.51. The van der Waals surface area contributed by atoms with E-state index in [1.807, 2.05) is 0 Å². The van der Waals surface area contributed by atoms with Crippen LogP contribution in [0.1, 0.15) is 34.6 Å². The van der Waals surface area contributed by atoms with E-state index in [-0.39, 0.29) is 0 Å². The summed E-state index contributed by atoms with van der Waals surface area (Å²) in [6.07, 6.45) is -60.7. The first-order chi connectivity index (χ1) is 38.1. The number of aliphatic hydroxyl groups excluding tert-OH is 18. The van der Waals surface area contributed by atoms with E-state index < -0.39 is 253 Å². The molecule has 470 valence electrons. The van der Waals surface area contributed by atoms with Crippen molar-refractivity contribution in [1.29, 1.82) is 0 Å². The van der Waals surface area contributed by atoms with Gasteiger partial charge in [-0.3, -0.25) is 9.59 Å². The van der Waals surface area contributed by atoms with Crippen molar-refractivity contribution in [3.05, 3.63) is 0 Å². The zero-order valence-corrected chi connectivity index (χ0v) is 44.2. The molecule has 35 atom stereocenters. The minimum atomic E-state index is -2.13. The summed E-state index contributed by atoms with van der Waals surface area (Å²) in [7, 11) is 0. The predicted molar refractivity (Wildman–Crippen MR) is 251 cm³/mol. The van der Waals surface area contributed by atoms with Crippen molar-refractivity contribution in [3.63, 3.8) is 0 Å². The fourth-order valence-corrected chi connectivity index (χ4v) is 10.5. The number of rotatable bonds is 18. The molecule has 7 heterocycles. The van der Waals surface area contributed by atoms with Crippen LogP contribution in [0, 0.1) is 0 Å². The highest BCUT2D eigenvalue weighted by Gasteiger charge is 2.59. The summed E-state index contributed by atoms with van der Waals surface area (Å²) in [5, 5.41) is 200. The van der Waals surface area contributed by atoms with Gasteiger partial charge >= 0.3 is 0 Å². The van der Waals surface area contributed by atoms with Crippen LogP contribution in [-0.4, -0.2) is 345 Å². The number of hydrogen-bond acceptors (Lipinski definition) is 33. The van der Waals surface area contributed by atoms with Gasteiger partial charge in [0.2, 0.25) is 11.8 Å². The normalized spacial score (nSPS) is 51.8. The van der Waals surface area contributed by atoms with Crippen molar-refractivity contribution in [1.82, 2.24) is 10.6 Å². The van der Waals surface area contributed by atoms with Crippen LogP contribution in [-0.2, 0) is 71.2 Å². The molecule has 0 saturated carbocycles. The van der Waals surface area contributed by atoms with Gasteiger partial charge in [-0.15, -0.1) is 0 Å². The third kappa shape index (κ3) is 14.3. The van der Waals surface area contributed by atoms with Crippen molar-refractivity contribution >= 4 is 11.8 Å². The lowest BCUT2D eigenvalue weighted by Gasteiger charge is -2.51. The zero-order valence-electron chi connectivity index (χ0n) is 44.2. The van der Waals surface area contributed by atoms with Gasteiger partial charge in [-0.2, -0.15) is 0 Å². The molecule has 0 radical (unpaired) electrons. The number of amides is 2. The Kier molecular flexibility index (Phi) is 22.9. The summed E-state index contributed by atoms with van der Waals surface area (Å²) in [5.74, 6) is -1.69. The molecule has 0 aromatic carbocycles. The molecule has 20 N–H and O–H groups in total. The minimum absolute atomic E-state index is 0.822. The summed E-state index contributed by atoms with van der Waals surface area (Å²) >= 11 is 0. The van der Waals surface area contributed by atoms with Gasteiger partial charge in [-0.05, 0) is 20.8 Å². The molecule has 7 saturated heterocycles. The van der Waals surface area contributed by atoms with E-state index in [2.05, 4.69) is 10.6 Å². The van der Waals surface area contributed by atoms with Crippen LogP contribution in [0.2, 0.25) is 0 Å². The Bertz CT molecular complexity index is 2010. The standard InChI is InChI=1S/C46H78N2O33/c1-10-21(54)27(60)32(65)42(70-10)79-37-20(48-14(5)53)41(76-17(8-51)35(37)77-45-38(30(63)24(57)15(6-49)74-45)80-43-33(66)28(61)22(55)11(2)71-43)69-9-18-26(59)36(19(40(68)73-18)47-13(4)52)78-46-39(31(64)25(58)16(7-50)75-46)81-44-34(67)29(62)23(56)12(3)72-44/h10-12,15-46,49-51,54-68H,6-9H2,1-5H3,(H,47,52)(H,48,53)/t10-,11-,12-,15+,16+,17+,18+,19+,20+,21+,22+,23+,24-,25-,26-,27+,28+,29+,30-,31-,32-,33-,34-,35+,36+,37+,38+,39+,40+,41+,42-,43-,44-,45-,46-/m0/s1. The van der Waals surface area contributed by atoms with Crippen LogP contribution in [0.25, 0.3) is 0 Å². The molecule has 7 aliphatic rings. The van der Waals surface area contributed by atoms with E-state index >= 15 is 0 Å². The van der Waals surface area contributed by atoms with E-state index in [4.69, 9.17) is 61.6 Å². The van der Waals surface area contributed by atoms with Gasteiger partial charge in [0.25, 0.3) is 0 Å². The molecule has 7 fully saturated rings.